The van der Waals surface area contributed by atoms with Crippen LogP contribution >= 0.6 is 12.2 Å². The van der Waals surface area contributed by atoms with Crippen molar-refractivity contribution in [3.8, 4) is 0 Å². The smallest absolute Gasteiger partial charge is 0.309 e. The maximum absolute atomic E-state index is 11.1. The maximum Gasteiger partial charge on any atom is 0.309 e. The first-order valence-electron chi connectivity index (χ1n) is 4.52. The molecule has 3 amide bonds. The van der Waals surface area contributed by atoms with E-state index in [2.05, 4.69) is 28.2 Å². The van der Waals surface area contributed by atoms with Gasteiger partial charge in [0, 0.05) is 20.0 Å². The molecular weight excluding hydrogens is 232 g/mol. The average Bonchev–Trinajstić information content (AvgIpc) is 2.25. The fraction of sp³-hybridized carbons (Fsp3) is 0.500. The van der Waals surface area contributed by atoms with Gasteiger partial charge in [0.05, 0.1) is 11.5 Å². The largest absolute Gasteiger partial charge is 0.392 e. The number of hydrogen-bond donors (Lipinski definition) is 4. The molecule has 0 spiro atoms. The summed E-state index contributed by atoms with van der Waals surface area (Å²) in [7, 11) is 1.49. The molecule has 0 aliphatic rings. The van der Waals surface area contributed by atoms with Crippen LogP contribution in [0.15, 0.2) is 0 Å². The molecule has 16 heavy (non-hydrogen) atoms. The summed E-state index contributed by atoms with van der Waals surface area (Å²) < 4.78 is 0. The van der Waals surface area contributed by atoms with Crippen molar-refractivity contribution in [3.05, 3.63) is 0 Å². The molecule has 0 aliphatic carbocycles. The second kappa shape index (κ2) is 7.57. The molecule has 0 aliphatic heterocycles. The van der Waals surface area contributed by atoms with Gasteiger partial charge in [-0.15, -0.1) is 0 Å². The quantitative estimate of drug-likeness (QED) is 0.320. The van der Waals surface area contributed by atoms with Gasteiger partial charge >= 0.3 is 11.8 Å². The van der Waals surface area contributed by atoms with Crippen molar-refractivity contribution in [3.63, 3.8) is 0 Å². The van der Waals surface area contributed by atoms with Gasteiger partial charge in [0.15, 0.2) is 0 Å². The van der Waals surface area contributed by atoms with Gasteiger partial charge in [-0.2, -0.15) is 0 Å². The zero-order chi connectivity index (χ0) is 12.6. The van der Waals surface area contributed by atoms with Crippen molar-refractivity contribution in [2.75, 3.05) is 20.1 Å². The minimum Gasteiger partial charge on any atom is -0.392 e. The number of thiocarbonyl (C=S) groups is 1. The zero-order valence-corrected chi connectivity index (χ0v) is 9.65. The van der Waals surface area contributed by atoms with Gasteiger partial charge in [0.1, 0.15) is 0 Å². The van der Waals surface area contributed by atoms with Gasteiger partial charge in [-0.3, -0.25) is 14.4 Å². The maximum atomic E-state index is 11.1. The first-order chi connectivity index (χ1) is 7.47. The molecule has 0 rings (SSSR count). The summed E-state index contributed by atoms with van der Waals surface area (Å²) in [5.74, 6) is -1.87. The Balaban J connectivity index is 3.75. The zero-order valence-electron chi connectivity index (χ0n) is 8.83. The summed E-state index contributed by atoms with van der Waals surface area (Å²) in [6, 6.07) is 0. The highest BCUT2D eigenvalue weighted by Gasteiger charge is 2.12. The van der Waals surface area contributed by atoms with E-state index in [-0.39, 0.29) is 30.4 Å². The molecule has 90 valence electrons. The van der Waals surface area contributed by atoms with E-state index in [0.29, 0.717) is 0 Å². The predicted octanol–water partition coefficient (Wildman–Crippen LogP) is -2.36. The molecule has 5 N–H and O–H groups in total. The lowest BCUT2D eigenvalue weighted by atomic mass is 10.4. The van der Waals surface area contributed by atoms with Gasteiger partial charge in [0.25, 0.3) is 0 Å². The molecule has 7 nitrogen and oxygen atoms in total. The van der Waals surface area contributed by atoms with Crippen LogP contribution < -0.4 is 21.7 Å². The number of carbonyl (C=O) groups excluding carboxylic acids is 3. The molecule has 0 unspecified atom stereocenters. The Bertz CT molecular complexity index is 306. The molecule has 0 aromatic rings. The number of nitrogens with one attached hydrogen (secondary N) is 3. The minimum absolute atomic E-state index is 0.0307. The molecule has 0 aromatic carbocycles. The first-order valence-corrected chi connectivity index (χ1v) is 4.93. The third-order valence-electron chi connectivity index (χ3n) is 1.55. The Labute approximate surface area is 98.1 Å². The van der Waals surface area contributed by atoms with E-state index in [9.17, 15) is 14.4 Å². The van der Waals surface area contributed by atoms with Crippen molar-refractivity contribution < 1.29 is 14.4 Å². The van der Waals surface area contributed by atoms with Crippen molar-refractivity contribution in [2.24, 2.45) is 5.73 Å². The normalized spacial score (nSPS) is 9.06. The number of rotatable bonds is 5. The lowest BCUT2D eigenvalue weighted by Crippen LogP contribution is -2.43. The molecule has 0 radical (unpaired) electrons. The Morgan fingerprint density at radius 1 is 1.19 bits per heavy atom. The van der Waals surface area contributed by atoms with Gasteiger partial charge in [-0.05, 0) is 0 Å². The minimum atomic E-state index is -0.829. The molecule has 0 aromatic heterocycles. The third-order valence-corrected chi connectivity index (χ3v) is 1.69. The summed E-state index contributed by atoms with van der Waals surface area (Å²) in [5, 5.41) is 6.88. The molecule has 0 saturated heterocycles. The summed E-state index contributed by atoms with van der Waals surface area (Å²) >= 11 is 4.52. The topological polar surface area (TPSA) is 113 Å². The molecule has 0 saturated carbocycles. The van der Waals surface area contributed by atoms with Crippen LogP contribution in [-0.2, 0) is 14.4 Å². The van der Waals surface area contributed by atoms with Crippen molar-refractivity contribution in [1.29, 1.82) is 0 Å². The summed E-state index contributed by atoms with van der Waals surface area (Å²) in [6.07, 6.45) is 0.116. The van der Waals surface area contributed by atoms with E-state index in [1.54, 1.807) is 0 Å². The van der Waals surface area contributed by atoms with Crippen LogP contribution in [0.3, 0.4) is 0 Å². The fourth-order valence-corrected chi connectivity index (χ4v) is 0.815. The SMILES string of the molecule is CNC(=O)CCNC(=O)C(=O)NCC(N)=S. The van der Waals surface area contributed by atoms with Crippen LogP contribution in [0.2, 0.25) is 0 Å². The van der Waals surface area contributed by atoms with Gasteiger partial charge < -0.3 is 21.7 Å². The Morgan fingerprint density at radius 3 is 2.25 bits per heavy atom. The van der Waals surface area contributed by atoms with Crippen LogP contribution in [0.1, 0.15) is 6.42 Å². The number of nitrogens with two attached hydrogens (primary N) is 1. The van der Waals surface area contributed by atoms with Gasteiger partial charge in [-0.1, -0.05) is 12.2 Å². The van der Waals surface area contributed by atoms with Crippen LogP contribution in [0.4, 0.5) is 0 Å². The van der Waals surface area contributed by atoms with Crippen LogP contribution in [0.25, 0.3) is 0 Å². The second-order valence-corrected chi connectivity index (χ2v) is 3.35. The summed E-state index contributed by atoms with van der Waals surface area (Å²) in [4.78, 5) is 33.0. The predicted molar refractivity (Wildman–Crippen MR) is 61.5 cm³/mol. The molecule has 0 fully saturated rings. The standard InChI is InChI=1S/C8H14N4O3S/c1-10-6(13)2-3-11-7(14)8(15)12-4-5(9)16/h2-4H2,1H3,(H2,9,16)(H,10,13)(H,11,14)(H,12,15). The van der Waals surface area contributed by atoms with Crippen molar-refractivity contribution in [1.82, 2.24) is 16.0 Å². The molecule has 0 bridgehead atoms. The van der Waals surface area contributed by atoms with E-state index in [4.69, 9.17) is 5.73 Å². The number of amides is 3. The number of carbonyl (C=O) groups is 3. The second-order valence-electron chi connectivity index (χ2n) is 2.83. The average molecular weight is 246 g/mol. The van der Waals surface area contributed by atoms with E-state index < -0.39 is 11.8 Å². The number of hydrogen-bond acceptors (Lipinski definition) is 4. The third kappa shape index (κ3) is 6.71. The molecule has 0 atom stereocenters. The first kappa shape index (κ1) is 14.3. The Kier molecular flexibility index (Phi) is 6.77. The highest BCUT2D eigenvalue weighted by Crippen LogP contribution is 1.77. The lowest BCUT2D eigenvalue weighted by Gasteiger charge is -2.05. The Hall–Kier alpha value is -1.70. The van der Waals surface area contributed by atoms with E-state index in [1.807, 2.05) is 0 Å². The van der Waals surface area contributed by atoms with Crippen molar-refractivity contribution >= 4 is 34.9 Å². The monoisotopic (exact) mass is 246 g/mol. The van der Waals surface area contributed by atoms with Crippen LogP contribution in [0, 0.1) is 0 Å². The molecule has 8 heteroatoms. The highest BCUT2D eigenvalue weighted by atomic mass is 32.1. The van der Waals surface area contributed by atoms with E-state index in [1.165, 1.54) is 7.05 Å². The molecule has 0 heterocycles. The van der Waals surface area contributed by atoms with Gasteiger partial charge in [0.2, 0.25) is 5.91 Å². The van der Waals surface area contributed by atoms with Gasteiger partial charge in [-0.25, -0.2) is 0 Å². The highest BCUT2D eigenvalue weighted by molar-refractivity contribution is 7.80. The molecular formula is C8H14N4O3S. The van der Waals surface area contributed by atoms with Crippen molar-refractivity contribution in [2.45, 2.75) is 6.42 Å². The summed E-state index contributed by atoms with van der Waals surface area (Å²) in [5.41, 5.74) is 5.13. The van der Waals surface area contributed by atoms with Crippen LogP contribution in [0.5, 0.6) is 0 Å². The van der Waals surface area contributed by atoms with Crippen LogP contribution in [-0.4, -0.2) is 42.8 Å². The fourth-order valence-electron chi connectivity index (χ4n) is 0.743. The summed E-state index contributed by atoms with van der Waals surface area (Å²) in [6.45, 7) is 0.0655. The Morgan fingerprint density at radius 2 is 1.75 bits per heavy atom. The lowest BCUT2D eigenvalue weighted by molar-refractivity contribution is -0.139. The van der Waals surface area contributed by atoms with E-state index in [0.717, 1.165) is 0 Å². The van der Waals surface area contributed by atoms with E-state index >= 15 is 0 Å².